The highest BCUT2D eigenvalue weighted by Crippen LogP contribution is 2.23. The molecule has 0 radical (unpaired) electrons. The van der Waals surface area contributed by atoms with Gasteiger partial charge in [-0.2, -0.15) is 5.10 Å². The number of para-hydroxylation sites is 2. The Hall–Kier alpha value is -2.79. The zero-order valence-electron chi connectivity index (χ0n) is 16.2. The molecule has 0 spiro atoms. The fourth-order valence-electron chi connectivity index (χ4n) is 3.17. The van der Waals surface area contributed by atoms with E-state index in [0.29, 0.717) is 23.0 Å². The molecule has 1 heterocycles. The number of aryl methyl sites for hydroxylation is 1. The number of anilines is 1. The number of amides is 1. The van der Waals surface area contributed by atoms with Crippen LogP contribution >= 0.6 is 11.6 Å². The Morgan fingerprint density at radius 3 is 2.39 bits per heavy atom. The summed E-state index contributed by atoms with van der Waals surface area (Å²) in [6, 6.07) is 19.8. The molecule has 1 amide bonds. The van der Waals surface area contributed by atoms with Gasteiger partial charge in [0.05, 0.1) is 16.9 Å². The van der Waals surface area contributed by atoms with Gasteiger partial charge < -0.3 is 10.2 Å². The number of hydrogen-bond donors (Lipinski definition) is 1. The molecule has 1 aromatic heterocycles. The molecule has 2 aromatic carbocycles. The molecule has 3 rings (SSSR count). The van der Waals surface area contributed by atoms with Crippen molar-refractivity contribution in [1.82, 2.24) is 15.1 Å². The second kappa shape index (κ2) is 9.42. The van der Waals surface area contributed by atoms with Crippen LogP contribution in [0.25, 0.3) is 5.69 Å². The molecule has 0 aliphatic carbocycles. The lowest BCUT2D eigenvalue weighted by Crippen LogP contribution is -2.30. The van der Waals surface area contributed by atoms with Gasteiger partial charge in [-0.3, -0.25) is 4.79 Å². The minimum Gasteiger partial charge on any atom is -0.372 e. The van der Waals surface area contributed by atoms with Crippen molar-refractivity contribution < 1.29 is 4.79 Å². The summed E-state index contributed by atoms with van der Waals surface area (Å²) >= 11 is 6.46. The Bertz CT molecular complexity index is 909. The Kier molecular flexibility index (Phi) is 6.71. The summed E-state index contributed by atoms with van der Waals surface area (Å²) < 4.78 is 1.60. The maximum Gasteiger partial charge on any atom is 0.256 e. The van der Waals surface area contributed by atoms with Crippen molar-refractivity contribution in [1.29, 1.82) is 0 Å². The van der Waals surface area contributed by atoms with Crippen molar-refractivity contribution >= 4 is 23.2 Å². The topological polar surface area (TPSA) is 50.2 Å². The molecule has 6 heteroatoms. The van der Waals surface area contributed by atoms with Gasteiger partial charge in [0.25, 0.3) is 5.91 Å². The van der Waals surface area contributed by atoms with E-state index in [2.05, 4.69) is 34.4 Å². The van der Waals surface area contributed by atoms with Crippen LogP contribution in [0.2, 0.25) is 5.15 Å². The van der Waals surface area contributed by atoms with Gasteiger partial charge in [0, 0.05) is 25.3 Å². The monoisotopic (exact) mass is 396 g/mol. The van der Waals surface area contributed by atoms with Crippen molar-refractivity contribution in [2.75, 3.05) is 24.5 Å². The maximum atomic E-state index is 12.7. The van der Waals surface area contributed by atoms with Crippen LogP contribution in [-0.2, 0) is 0 Å². The van der Waals surface area contributed by atoms with E-state index in [1.165, 1.54) is 5.69 Å². The zero-order chi connectivity index (χ0) is 19.9. The van der Waals surface area contributed by atoms with E-state index < -0.39 is 0 Å². The highest BCUT2D eigenvalue weighted by Gasteiger charge is 2.20. The van der Waals surface area contributed by atoms with E-state index in [1.807, 2.05) is 48.5 Å². The van der Waals surface area contributed by atoms with E-state index in [-0.39, 0.29) is 5.91 Å². The first-order valence-electron chi connectivity index (χ1n) is 9.50. The summed E-state index contributed by atoms with van der Waals surface area (Å²) in [5.41, 5.74) is 3.07. The number of carbonyl (C=O) groups is 1. The van der Waals surface area contributed by atoms with Gasteiger partial charge in [-0.15, -0.1) is 0 Å². The molecule has 0 atom stereocenters. The quantitative estimate of drug-likeness (QED) is 0.571. The van der Waals surface area contributed by atoms with Gasteiger partial charge in [-0.05, 0) is 44.5 Å². The molecule has 0 aliphatic rings. The number of benzene rings is 2. The summed E-state index contributed by atoms with van der Waals surface area (Å²) in [5.74, 6) is -0.188. The van der Waals surface area contributed by atoms with Crippen molar-refractivity contribution in [2.24, 2.45) is 0 Å². The lowest BCUT2D eigenvalue weighted by atomic mass is 10.2. The van der Waals surface area contributed by atoms with Gasteiger partial charge in [0.15, 0.2) is 0 Å². The van der Waals surface area contributed by atoms with E-state index >= 15 is 0 Å². The number of nitrogens with zero attached hydrogens (tertiary/aromatic N) is 3. The summed E-state index contributed by atoms with van der Waals surface area (Å²) in [4.78, 5) is 14.9. The summed E-state index contributed by atoms with van der Waals surface area (Å²) in [5, 5.41) is 7.73. The first-order valence-corrected chi connectivity index (χ1v) is 9.88. The number of halogens is 1. The second-order valence-corrected chi connectivity index (χ2v) is 6.88. The number of aromatic nitrogens is 2. The SMILES string of the molecule is CCN(CCCNC(=O)c1c(C)nn(-c2ccccc2)c1Cl)c1ccccc1. The van der Waals surface area contributed by atoms with Crippen LogP contribution in [-0.4, -0.2) is 35.3 Å². The fraction of sp³-hybridized carbons (Fsp3) is 0.273. The molecule has 3 aromatic rings. The van der Waals surface area contributed by atoms with Crippen molar-refractivity contribution in [2.45, 2.75) is 20.3 Å². The average molecular weight is 397 g/mol. The highest BCUT2D eigenvalue weighted by atomic mass is 35.5. The molecule has 1 N–H and O–H groups in total. The molecule has 0 saturated carbocycles. The van der Waals surface area contributed by atoms with Crippen LogP contribution in [0.4, 0.5) is 5.69 Å². The number of carbonyl (C=O) groups excluding carboxylic acids is 1. The van der Waals surface area contributed by atoms with Crippen LogP contribution < -0.4 is 10.2 Å². The molecular weight excluding hydrogens is 372 g/mol. The minimum atomic E-state index is -0.188. The van der Waals surface area contributed by atoms with Crippen molar-refractivity contribution in [3.05, 3.63) is 77.1 Å². The van der Waals surface area contributed by atoms with Gasteiger partial charge in [0.1, 0.15) is 5.15 Å². The number of hydrogen-bond acceptors (Lipinski definition) is 3. The molecule has 0 saturated heterocycles. The van der Waals surface area contributed by atoms with Crippen molar-refractivity contribution in [3.63, 3.8) is 0 Å². The van der Waals surface area contributed by atoms with Gasteiger partial charge in [-0.25, -0.2) is 4.68 Å². The largest absolute Gasteiger partial charge is 0.372 e. The molecule has 0 fully saturated rings. The van der Waals surface area contributed by atoms with Crippen LogP contribution in [0.3, 0.4) is 0 Å². The maximum absolute atomic E-state index is 12.7. The molecule has 5 nitrogen and oxygen atoms in total. The minimum absolute atomic E-state index is 0.188. The summed E-state index contributed by atoms with van der Waals surface area (Å²) in [6.07, 6.45) is 0.845. The normalized spacial score (nSPS) is 10.7. The smallest absolute Gasteiger partial charge is 0.256 e. The molecule has 146 valence electrons. The summed E-state index contributed by atoms with van der Waals surface area (Å²) in [6.45, 7) is 6.30. The molecule has 0 bridgehead atoms. The first kappa shape index (κ1) is 20.0. The Morgan fingerprint density at radius 2 is 1.75 bits per heavy atom. The third kappa shape index (κ3) is 4.54. The highest BCUT2D eigenvalue weighted by molar-refractivity contribution is 6.33. The van der Waals surface area contributed by atoms with Crippen LogP contribution in [0, 0.1) is 6.92 Å². The van der Waals surface area contributed by atoms with Gasteiger partial charge in [0.2, 0.25) is 0 Å². The number of nitrogens with one attached hydrogen (secondary N) is 1. The Labute approximate surface area is 170 Å². The molecular formula is C22H25ClN4O. The first-order chi connectivity index (χ1) is 13.6. The Morgan fingerprint density at radius 1 is 1.11 bits per heavy atom. The fourth-order valence-corrected chi connectivity index (χ4v) is 3.52. The predicted molar refractivity (Wildman–Crippen MR) is 115 cm³/mol. The van der Waals surface area contributed by atoms with Gasteiger partial charge >= 0.3 is 0 Å². The van der Waals surface area contributed by atoms with Crippen molar-refractivity contribution in [3.8, 4) is 5.69 Å². The molecule has 28 heavy (non-hydrogen) atoms. The van der Waals surface area contributed by atoms with E-state index in [4.69, 9.17) is 11.6 Å². The van der Waals surface area contributed by atoms with Crippen LogP contribution in [0.1, 0.15) is 29.4 Å². The van der Waals surface area contributed by atoms with Crippen LogP contribution in [0.15, 0.2) is 60.7 Å². The van der Waals surface area contributed by atoms with Crippen LogP contribution in [0.5, 0.6) is 0 Å². The molecule has 0 aliphatic heterocycles. The Balaban J connectivity index is 1.59. The number of rotatable bonds is 8. The van der Waals surface area contributed by atoms with E-state index in [0.717, 1.165) is 25.2 Å². The standard InChI is InChI=1S/C22H25ClN4O/c1-3-26(18-11-6-4-7-12-18)16-10-15-24-22(28)20-17(2)25-27(21(20)23)19-13-8-5-9-14-19/h4-9,11-14H,3,10,15-16H2,1-2H3,(H,24,28). The van der Waals surface area contributed by atoms with E-state index in [1.54, 1.807) is 11.6 Å². The average Bonchev–Trinajstić information content (AvgIpc) is 3.03. The van der Waals surface area contributed by atoms with Gasteiger partial charge in [-0.1, -0.05) is 48.0 Å². The molecule has 0 unspecified atom stereocenters. The zero-order valence-corrected chi connectivity index (χ0v) is 17.0. The lowest BCUT2D eigenvalue weighted by Gasteiger charge is -2.23. The third-order valence-electron chi connectivity index (χ3n) is 4.63. The predicted octanol–water partition coefficient (Wildman–Crippen LogP) is 4.48. The third-order valence-corrected chi connectivity index (χ3v) is 4.97. The lowest BCUT2D eigenvalue weighted by molar-refractivity contribution is 0.0953. The second-order valence-electron chi connectivity index (χ2n) is 6.52. The summed E-state index contributed by atoms with van der Waals surface area (Å²) in [7, 11) is 0. The van der Waals surface area contributed by atoms with E-state index in [9.17, 15) is 4.79 Å².